The molecule has 1 saturated heterocycles. The molecule has 0 saturated carbocycles. The fourth-order valence-electron chi connectivity index (χ4n) is 0.755. The van der Waals surface area contributed by atoms with Crippen LogP contribution in [0.25, 0.3) is 0 Å². The van der Waals surface area contributed by atoms with Crippen LogP contribution in [-0.2, 0) is 9.47 Å². The molecule has 1 unspecified atom stereocenters. The number of hydrogen-bond acceptors (Lipinski definition) is 2. The molecule has 1 heterocycles. The number of epoxide rings is 1. The lowest BCUT2D eigenvalue weighted by atomic mass is 10.1. The van der Waals surface area contributed by atoms with Crippen molar-refractivity contribution < 1.29 is 9.47 Å². The van der Waals surface area contributed by atoms with Crippen molar-refractivity contribution in [3.63, 3.8) is 0 Å². The van der Waals surface area contributed by atoms with Gasteiger partial charge in [-0.25, -0.2) is 0 Å². The van der Waals surface area contributed by atoms with E-state index < -0.39 is 0 Å². The molecule has 0 aromatic carbocycles. The molecule has 0 aromatic heterocycles. The Labute approximate surface area is 49.8 Å². The second-order valence-electron chi connectivity index (χ2n) is 2.26. The highest BCUT2D eigenvalue weighted by Gasteiger charge is 2.42. The lowest BCUT2D eigenvalue weighted by molar-refractivity contribution is 0.118. The summed E-state index contributed by atoms with van der Waals surface area (Å²) >= 11 is 0. The van der Waals surface area contributed by atoms with Crippen molar-refractivity contribution in [1.82, 2.24) is 0 Å². The molecule has 8 heavy (non-hydrogen) atoms. The Balaban J connectivity index is 2.20. The molecule has 0 bridgehead atoms. The molecule has 2 heteroatoms. The number of ether oxygens (including phenoxy) is 2. The van der Waals surface area contributed by atoms with E-state index in [-0.39, 0.29) is 5.60 Å². The zero-order chi connectivity index (χ0) is 6.04. The fourth-order valence-corrected chi connectivity index (χ4v) is 0.755. The third-order valence-corrected chi connectivity index (χ3v) is 1.60. The highest BCUT2D eigenvalue weighted by molar-refractivity contribution is 4.90. The van der Waals surface area contributed by atoms with Crippen LogP contribution in [0.5, 0.6) is 0 Å². The van der Waals surface area contributed by atoms with E-state index >= 15 is 0 Å². The first-order valence-electron chi connectivity index (χ1n) is 2.96. The van der Waals surface area contributed by atoms with Crippen LogP contribution in [0.1, 0.15) is 13.3 Å². The summed E-state index contributed by atoms with van der Waals surface area (Å²) < 4.78 is 10.1. The van der Waals surface area contributed by atoms with Gasteiger partial charge in [-0.3, -0.25) is 0 Å². The Hall–Kier alpha value is -0.0800. The van der Waals surface area contributed by atoms with E-state index in [1.54, 1.807) is 7.11 Å². The summed E-state index contributed by atoms with van der Waals surface area (Å²) in [5, 5.41) is 0. The van der Waals surface area contributed by atoms with E-state index in [1.165, 1.54) is 0 Å². The van der Waals surface area contributed by atoms with Crippen LogP contribution in [0, 0.1) is 0 Å². The second-order valence-corrected chi connectivity index (χ2v) is 2.26. The molecule has 1 rings (SSSR count). The van der Waals surface area contributed by atoms with E-state index in [1.807, 2.05) is 0 Å². The Kier molecular flexibility index (Phi) is 1.54. The Morgan fingerprint density at radius 2 is 2.38 bits per heavy atom. The van der Waals surface area contributed by atoms with Crippen molar-refractivity contribution in [2.45, 2.75) is 18.9 Å². The van der Waals surface area contributed by atoms with Gasteiger partial charge in [0.05, 0.1) is 13.2 Å². The predicted octanol–water partition coefficient (Wildman–Crippen LogP) is 0.812. The molecular weight excluding hydrogens is 104 g/mol. The smallest absolute Gasteiger partial charge is 0.114 e. The van der Waals surface area contributed by atoms with Gasteiger partial charge in [-0.2, -0.15) is 0 Å². The van der Waals surface area contributed by atoms with E-state index in [0.29, 0.717) is 0 Å². The average Bonchev–Trinajstić information content (AvgIpc) is 2.50. The molecule has 1 aliphatic rings. The monoisotopic (exact) mass is 116 g/mol. The van der Waals surface area contributed by atoms with Crippen LogP contribution in [0.3, 0.4) is 0 Å². The van der Waals surface area contributed by atoms with Gasteiger partial charge < -0.3 is 9.47 Å². The van der Waals surface area contributed by atoms with Crippen molar-refractivity contribution in [2.24, 2.45) is 0 Å². The lowest BCUT2D eigenvalue weighted by Crippen LogP contribution is -2.16. The van der Waals surface area contributed by atoms with Crippen LogP contribution in [0.4, 0.5) is 0 Å². The van der Waals surface area contributed by atoms with Crippen molar-refractivity contribution in [3.05, 3.63) is 0 Å². The molecule has 1 atom stereocenters. The summed E-state index contributed by atoms with van der Waals surface area (Å²) in [6.45, 7) is 3.76. The maximum atomic E-state index is 5.16. The molecule has 0 radical (unpaired) electrons. The van der Waals surface area contributed by atoms with Gasteiger partial charge in [-0.05, 0) is 6.42 Å². The van der Waals surface area contributed by atoms with Crippen molar-refractivity contribution in [3.8, 4) is 0 Å². The number of hydrogen-bond donors (Lipinski definition) is 0. The van der Waals surface area contributed by atoms with Crippen LogP contribution in [-0.4, -0.2) is 25.9 Å². The lowest BCUT2D eigenvalue weighted by Gasteiger charge is -2.04. The minimum absolute atomic E-state index is 0.120. The summed E-state index contributed by atoms with van der Waals surface area (Å²) in [7, 11) is 1.71. The summed E-state index contributed by atoms with van der Waals surface area (Å²) in [4.78, 5) is 0. The topological polar surface area (TPSA) is 21.8 Å². The third-order valence-electron chi connectivity index (χ3n) is 1.60. The fraction of sp³-hybridized carbons (Fsp3) is 1.00. The van der Waals surface area contributed by atoms with Gasteiger partial charge in [0.2, 0.25) is 0 Å². The van der Waals surface area contributed by atoms with E-state index in [4.69, 9.17) is 9.47 Å². The minimum atomic E-state index is 0.120. The molecule has 2 nitrogen and oxygen atoms in total. The van der Waals surface area contributed by atoms with Gasteiger partial charge in [0, 0.05) is 7.11 Å². The van der Waals surface area contributed by atoms with E-state index in [0.717, 1.165) is 19.6 Å². The van der Waals surface area contributed by atoms with Gasteiger partial charge >= 0.3 is 0 Å². The first-order valence-corrected chi connectivity index (χ1v) is 2.96. The van der Waals surface area contributed by atoms with Gasteiger partial charge in [0.15, 0.2) is 0 Å². The predicted molar refractivity (Wildman–Crippen MR) is 30.8 cm³/mol. The molecular formula is C6H12O2. The highest BCUT2D eigenvalue weighted by Crippen LogP contribution is 2.30. The van der Waals surface area contributed by atoms with Gasteiger partial charge in [0.25, 0.3) is 0 Å². The third kappa shape index (κ3) is 1.01. The normalized spacial score (nSPS) is 35.2. The van der Waals surface area contributed by atoms with Crippen LogP contribution >= 0.6 is 0 Å². The SMILES string of the molecule is CCC1(COC)CO1. The van der Waals surface area contributed by atoms with Crippen molar-refractivity contribution in [2.75, 3.05) is 20.3 Å². The first kappa shape index (κ1) is 6.05. The van der Waals surface area contributed by atoms with Crippen molar-refractivity contribution >= 4 is 0 Å². The Bertz CT molecular complexity index is 76.6. The van der Waals surface area contributed by atoms with Crippen LogP contribution in [0.2, 0.25) is 0 Å². The summed E-state index contributed by atoms with van der Waals surface area (Å²) in [5.74, 6) is 0. The second kappa shape index (κ2) is 2.03. The highest BCUT2D eigenvalue weighted by atomic mass is 16.6. The number of rotatable bonds is 3. The van der Waals surface area contributed by atoms with E-state index in [9.17, 15) is 0 Å². The molecule has 0 aliphatic carbocycles. The van der Waals surface area contributed by atoms with Gasteiger partial charge in [-0.15, -0.1) is 0 Å². The largest absolute Gasteiger partial charge is 0.382 e. The quantitative estimate of drug-likeness (QED) is 0.509. The Morgan fingerprint density at radius 1 is 1.75 bits per heavy atom. The molecule has 0 aromatic rings. The zero-order valence-electron chi connectivity index (χ0n) is 5.44. The first-order chi connectivity index (χ1) is 3.83. The van der Waals surface area contributed by atoms with E-state index in [2.05, 4.69) is 6.92 Å². The summed E-state index contributed by atoms with van der Waals surface area (Å²) in [5.41, 5.74) is 0.120. The molecule has 0 spiro atoms. The standard InChI is InChI=1S/C6H12O2/c1-3-6(4-7-2)5-8-6/h3-5H2,1-2H3. The number of methoxy groups -OCH3 is 1. The molecule has 1 aliphatic heterocycles. The van der Waals surface area contributed by atoms with Crippen LogP contribution < -0.4 is 0 Å². The average molecular weight is 116 g/mol. The maximum Gasteiger partial charge on any atom is 0.114 e. The van der Waals surface area contributed by atoms with Gasteiger partial charge in [-0.1, -0.05) is 6.92 Å². The molecule has 0 amide bonds. The molecule has 0 N–H and O–H groups in total. The summed E-state index contributed by atoms with van der Waals surface area (Å²) in [6, 6.07) is 0. The molecule has 1 fully saturated rings. The zero-order valence-corrected chi connectivity index (χ0v) is 5.44. The van der Waals surface area contributed by atoms with Crippen LogP contribution in [0.15, 0.2) is 0 Å². The van der Waals surface area contributed by atoms with Crippen molar-refractivity contribution in [1.29, 1.82) is 0 Å². The molecule has 48 valence electrons. The Morgan fingerprint density at radius 3 is 2.50 bits per heavy atom. The summed E-state index contributed by atoms with van der Waals surface area (Å²) in [6.07, 6.45) is 1.07. The minimum Gasteiger partial charge on any atom is -0.382 e. The maximum absolute atomic E-state index is 5.16. The van der Waals surface area contributed by atoms with Gasteiger partial charge in [0.1, 0.15) is 5.60 Å².